The molecule has 6 nitrogen and oxygen atoms in total. The molecular weight excluding hydrogens is 250 g/mol. The van der Waals surface area contributed by atoms with Gasteiger partial charge in [0.1, 0.15) is 5.60 Å². The fraction of sp³-hybridized carbons (Fsp3) is 0.692. The maximum Gasteiger partial charge on any atom is 0.410 e. The fourth-order valence-electron chi connectivity index (χ4n) is 1.78. The molecule has 6 heteroatoms. The zero-order chi connectivity index (χ0) is 14.6. The van der Waals surface area contributed by atoms with Crippen LogP contribution in [0.25, 0.3) is 0 Å². The Morgan fingerprint density at radius 1 is 1.37 bits per heavy atom. The van der Waals surface area contributed by atoms with Crippen molar-refractivity contribution in [1.29, 1.82) is 0 Å². The molecule has 0 bridgehead atoms. The Bertz CT molecular complexity index is 372. The number of esters is 1. The lowest BCUT2D eigenvalue weighted by Gasteiger charge is -2.27. The van der Waals surface area contributed by atoms with Crippen molar-refractivity contribution in [2.75, 3.05) is 6.54 Å². The third-order valence-corrected chi connectivity index (χ3v) is 2.48. The predicted octanol–water partition coefficient (Wildman–Crippen LogP) is 1.43. The Balaban J connectivity index is 2.66. The third kappa shape index (κ3) is 5.30. The minimum atomic E-state index is -0.598. The number of carbonyl (C=O) groups is 2. The molecule has 0 saturated carbocycles. The number of rotatable bonds is 2. The Hall–Kier alpha value is -1.56. The normalized spacial score (nSPS) is 23.7. The molecule has 1 aliphatic heterocycles. The van der Waals surface area contributed by atoms with E-state index in [1.165, 1.54) is 18.1 Å². The van der Waals surface area contributed by atoms with Gasteiger partial charge in [0.25, 0.3) is 0 Å². The second kappa shape index (κ2) is 6.06. The summed E-state index contributed by atoms with van der Waals surface area (Å²) in [4.78, 5) is 24.0. The van der Waals surface area contributed by atoms with Gasteiger partial charge < -0.3 is 14.6 Å². The molecule has 108 valence electrons. The number of β-amino-alcohol motifs (C(OH)–C–C–N with tert-alkyl or cyclic N) is 1. The van der Waals surface area contributed by atoms with E-state index in [9.17, 15) is 14.7 Å². The summed E-state index contributed by atoms with van der Waals surface area (Å²) >= 11 is 0. The van der Waals surface area contributed by atoms with E-state index in [0.717, 1.165) is 0 Å². The molecule has 2 atom stereocenters. The van der Waals surface area contributed by atoms with Crippen molar-refractivity contribution in [3.8, 4) is 0 Å². The SMILES string of the molecule is CC(=O)O/C=C/[C@@H]1C[C@@H](O)CN1C(=O)OC(C)(C)C. The number of carbonyl (C=O) groups excluding carboxylic acids is 2. The van der Waals surface area contributed by atoms with E-state index in [1.807, 2.05) is 0 Å². The molecule has 0 aromatic rings. The lowest BCUT2D eigenvalue weighted by atomic mass is 10.2. The molecule has 0 spiro atoms. The van der Waals surface area contributed by atoms with Gasteiger partial charge in [0.2, 0.25) is 0 Å². The van der Waals surface area contributed by atoms with Crippen LogP contribution in [0, 0.1) is 0 Å². The van der Waals surface area contributed by atoms with Crippen molar-refractivity contribution in [2.24, 2.45) is 0 Å². The number of ether oxygens (including phenoxy) is 2. The summed E-state index contributed by atoms with van der Waals surface area (Å²) in [5.74, 6) is -0.432. The van der Waals surface area contributed by atoms with E-state index in [2.05, 4.69) is 4.74 Å². The molecule has 0 aliphatic carbocycles. The summed E-state index contributed by atoms with van der Waals surface area (Å²) < 4.78 is 9.95. The minimum Gasteiger partial charge on any atom is -0.444 e. The van der Waals surface area contributed by atoms with Crippen LogP contribution in [-0.2, 0) is 14.3 Å². The molecule has 1 heterocycles. The number of amides is 1. The second-order valence-corrected chi connectivity index (χ2v) is 5.53. The Labute approximate surface area is 113 Å². The van der Waals surface area contributed by atoms with Crippen LogP contribution < -0.4 is 0 Å². The minimum absolute atomic E-state index is 0.212. The van der Waals surface area contributed by atoms with Crippen molar-refractivity contribution >= 4 is 12.1 Å². The molecule has 1 amide bonds. The largest absolute Gasteiger partial charge is 0.444 e. The highest BCUT2D eigenvalue weighted by Crippen LogP contribution is 2.22. The lowest BCUT2D eigenvalue weighted by molar-refractivity contribution is -0.135. The van der Waals surface area contributed by atoms with Crippen LogP contribution in [-0.4, -0.2) is 46.4 Å². The molecule has 0 unspecified atom stereocenters. The van der Waals surface area contributed by atoms with Gasteiger partial charge in [-0.05, 0) is 33.3 Å². The van der Waals surface area contributed by atoms with Gasteiger partial charge in [-0.1, -0.05) is 0 Å². The van der Waals surface area contributed by atoms with E-state index in [-0.39, 0.29) is 12.6 Å². The third-order valence-electron chi connectivity index (χ3n) is 2.48. The summed E-state index contributed by atoms with van der Waals surface area (Å²) in [6.07, 6.45) is 2.13. The highest BCUT2D eigenvalue weighted by molar-refractivity contribution is 5.69. The van der Waals surface area contributed by atoms with Crippen LogP contribution in [0.5, 0.6) is 0 Å². The van der Waals surface area contributed by atoms with E-state index in [1.54, 1.807) is 26.8 Å². The van der Waals surface area contributed by atoms with Crippen molar-refractivity contribution in [3.63, 3.8) is 0 Å². The van der Waals surface area contributed by atoms with E-state index >= 15 is 0 Å². The van der Waals surface area contributed by atoms with E-state index in [0.29, 0.717) is 6.42 Å². The van der Waals surface area contributed by atoms with Gasteiger partial charge in [0, 0.05) is 6.92 Å². The molecule has 1 rings (SSSR count). The Kier molecular flexibility index (Phi) is 4.94. The first-order chi connectivity index (χ1) is 8.69. The first-order valence-electron chi connectivity index (χ1n) is 6.20. The van der Waals surface area contributed by atoms with Crippen LogP contribution in [0.3, 0.4) is 0 Å². The standard InChI is InChI=1S/C13H21NO5/c1-9(15)18-6-5-10-7-11(16)8-14(10)12(17)19-13(2,3)4/h5-6,10-11,16H,7-8H2,1-4H3/b6-5+/t10-,11-/m1/s1. The van der Waals surface area contributed by atoms with Gasteiger partial charge in [0.15, 0.2) is 0 Å². The molecule has 0 aromatic carbocycles. The quantitative estimate of drug-likeness (QED) is 0.607. The smallest absolute Gasteiger partial charge is 0.410 e. The summed E-state index contributed by atoms with van der Waals surface area (Å²) in [5, 5.41) is 9.63. The van der Waals surface area contributed by atoms with Crippen LogP contribution >= 0.6 is 0 Å². The average molecular weight is 271 g/mol. The number of nitrogens with zero attached hydrogens (tertiary/aromatic N) is 1. The van der Waals surface area contributed by atoms with Crippen LogP contribution in [0.15, 0.2) is 12.3 Å². The zero-order valence-corrected chi connectivity index (χ0v) is 11.8. The van der Waals surface area contributed by atoms with Gasteiger partial charge in [-0.25, -0.2) is 4.79 Å². The van der Waals surface area contributed by atoms with Gasteiger partial charge in [0.05, 0.1) is 25.0 Å². The van der Waals surface area contributed by atoms with Crippen molar-refractivity contribution in [1.82, 2.24) is 4.90 Å². The molecule has 0 radical (unpaired) electrons. The monoisotopic (exact) mass is 271 g/mol. The summed E-state index contributed by atoms with van der Waals surface area (Å²) in [5.41, 5.74) is -0.589. The number of likely N-dealkylation sites (tertiary alicyclic amines) is 1. The predicted molar refractivity (Wildman–Crippen MR) is 68.3 cm³/mol. The van der Waals surface area contributed by atoms with Gasteiger partial charge in [-0.2, -0.15) is 0 Å². The van der Waals surface area contributed by atoms with E-state index in [4.69, 9.17) is 4.74 Å². The van der Waals surface area contributed by atoms with Crippen molar-refractivity contribution in [2.45, 2.75) is 51.9 Å². The van der Waals surface area contributed by atoms with Crippen LogP contribution in [0.4, 0.5) is 4.79 Å². The van der Waals surface area contributed by atoms with Gasteiger partial charge >= 0.3 is 12.1 Å². The van der Waals surface area contributed by atoms with Gasteiger partial charge in [-0.15, -0.1) is 0 Å². The van der Waals surface area contributed by atoms with E-state index < -0.39 is 23.8 Å². The van der Waals surface area contributed by atoms with Crippen LogP contribution in [0.2, 0.25) is 0 Å². The van der Waals surface area contributed by atoms with Crippen molar-refractivity contribution in [3.05, 3.63) is 12.3 Å². The molecule has 1 aliphatic rings. The highest BCUT2D eigenvalue weighted by atomic mass is 16.6. The number of aliphatic hydroxyl groups excluding tert-OH is 1. The Morgan fingerprint density at radius 2 is 2.00 bits per heavy atom. The summed E-state index contributed by atoms with van der Waals surface area (Å²) in [7, 11) is 0. The van der Waals surface area contributed by atoms with Crippen LogP contribution in [0.1, 0.15) is 34.1 Å². The maximum absolute atomic E-state index is 12.0. The number of hydrogen-bond donors (Lipinski definition) is 1. The Morgan fingerprint density at radius 3 is 2.53 bits per heavy atom. The molecule has 19 heavy (non-hydrogen) atoms. The first kappa shape index (κ1) is 15.5. The average Bonchev–Trinajstić information content (AvgIpc) is 2.56. The van der Waals surface area contributed by atoms with Gasteiger partial charge in [-0.3, -0.25) is 9.69 Å². The maximum atomic E-state index is 12.0. The first-order valence-corrected chi connectivity index (χ1v) is 6.20. The van der Waals surface area contributed by atoms with Crippen molar-refractivity contribution < 1.29 is 24.2 Å². The molecule has 0 aromatic heterocycles. The topological polar surface area (TPSA) is 76.1 Å². The summed E-state index contributed by atoms with van der Waals surface area (Å²) in [6, 6.07) is -0.329. The lowest BCUT2D eigenvalue weighted by Crippen LogP contribution is -2.39. The summed E-state index contributed by atoms with van der Waals surface area (Å²) in [6.45, 7) is 6.84. The number of aliphatic hydroxyl groups is 1. The zero-order valence-electron chi connectivity index (χ0n) is 11.8. The molecule has 1 N–H and O–H groups in total. The molecule has 1 saturated heterocycles. The fourth-order valence-corrected chi connectivity index (χ4v) is 1.78. The molecular formula is C13H21NO5. The molecule has 1 fully saturated rings. The second-order valence-electron chi connectivity index (χ2n) is 5.53. The number of hydrogen-bond acceptors (Lipinski definition) is 5. The highest BCUT2D eigenvalue weighted by Gasteiger charge is 2.35.